The highest BCUT2D eigenvalue weighted by Crippen LogP contribution is 2.31. The molecule has 0 amide bonds. The Kier molecular flexibility index (Phi) is 2.11. The van der Waals surface area contributed by atoms with Crippen molar-refractivity contribution in [3.63, 3.8) is 0 Å². The van der Waals surface area contributed by atoms with Crippen molar-refractivity contribution in [2.45, 2.75) is 0 Å². The van der Waals surface area contributed by atoms with Crippen molar-refractivity contribution in [3.05, 3.63) is 58.9 Å². The molecule has 4 rings (SSSR count). The Morgan fingerprint density at radius 1 is 0.700 bits per heavy atom. The summed E-state index contributed by atoms with van der Waals surface area (Å²) in [6, 6.07) is 16.0. The number of pyridine rings is 1. The lowest BCUT2D eigenvalue weighted by Gasteiger charge is -2.07. The number of hydrogen-bond donors (Lipinski definition) is 0. The van der Waals surface area contributed by atoms with Gasteiger partial charge in [-0.25, -0.2) is 0 Å². The zero-order valence-corrected chi connectivity index (χ0v) is 11.4. The summed E-state index contributed by atoms with van der Waals surface area (Å²) in [6.45, 7) is 0. The van der Waals surface area contributed by atoms with Gasteiger partial charge in [0, 0.05) is 30.3 Å². The highest BCUT2D eigenvalue weighted by Gasteiger charge is 2.15. The first-order valence-corrected chi connectivity index (χ1v) is 6.65. The zero-order chi connectivity index (χ0) is 13.9. The van der Waals surface area contributed by atoms with Crippen molar-refractivity contribution in [1.82, 2.24) is 9.13 Å². The molecule has 3 heteroatoms. The average molecular weight is 262 g/mol. The summed E-state index contributed by atoms with van der Waals surface area (Å²) < 4.78 is 3.94. The van der Waals surface area contributed by atoms with E-state index in [1.807, 2.05) is 43.4 Å². The Morgan fingerprint density at radius 3 is 2.00 bits per heavy atom. The Hall–Kier alpha value is -2.55. The van der Waals surface area contributed by atoms with Crippen LogP contribution in [-0.4, -0.2) is 9.13 Å². The van der Waals surface area contributed by atoms with Crippen LogP contribution in [0.4, 0.5) is 0 Å². The number of benzene rings is 2. The smallest absolute Gasteiger partial charge is 0.258 e. The monoisotopic (exact) mass is 262 g/mol. The first kappa shape index (κ1) is 11.3. The van der Waals surface area contributed by atoms with Crippen molar-refractivity contribution in [3.8, 4) is 0 Å². The largest absolute Gasteiger partial charge is 0.342 e. The van der Waals surface area contributed by atoms with E-state index in [4.69, 9.17) is 0 Å². The third-order valence-corrected chi connectivity index (χ3v) is 4.13. The van der Waals surface area contributed by atoms with E-state index in [1.165, 1.54) is 0 Å². The van der Waals surface area contributed by atoms with Crippen LogP contribution in [0.3, 0.4) is 0 Å². The van der Waals surface area contributed by atoms with Crippen LogP contribution in [0.25, 0.3) is 32.7 Å². The highest BCUT2D eigenvalue weighted by molar-refractivity contribution is 6.15. The first-order valence-electron chi connectivity index (χ1n) is 6.65. The second-order valence-electron chi connectivity index (χ2n) is 5.18. The number of para-hydroxylation sites is 1. The van der Waals surface area contributed by atoms with E-state index in [9.17, 15) is 4.79 Å². The van der Waals surface area contributed by atoms with Crippen LogP contribution in [0.2, 0.25) is 0 Å². The second-order valence-corrected chi connectivity index (χ2v) is 5.18. The lowest BCUT2D eigenvalue weighted by molar-refractivity contribution is 0.916. The van der Waals surface area contributed by atoms with E-state index in [0.29, 0.717) is 0 Å². The Balaban J connectivity index is 2.50. The van der Waals surface area contributed by atoms with Crippen LogP contribution >= 0.6 is 0 Å². The molecule has 98 valence electrons. The molecule has 20 heavy (non-hydrogen) atoms. The molecule has 2 heterocycles. The normalized spacial score (nSPS) is 11.7. The third-order valence-electron chi connectivity index (χ3n) is 4.13. The third kappa shape index (κ3) is 1.22. The minimum absolute atomic E-state index is 0.0597. The van der Waals surface area contributed by atoms with Crippen LogP contribution in [0, 0.1) is 0 Å². The number of nitrogens with zero attached hydrogens (tertiary/aromatic N) is 2. The van der Waals surface area contributed by atoms with Gasteiger partial charge in [-0.2, -0.15) is 0 Å². The van der Waals surface area contributed by atoms with Gasteiger partial charge in [-0.3, -0.25) is 4.79 Å². The van der Waals surface area contributed by atoms with Gasteiger partial charge in [-0.1, -0.05) is 36.4 Å². The number of fused-ring (bicyclic) bond motifs is 5. The van der Waals surface area contributed by atoms with E-state index >= 15 is 0 Å². The van der Waals surface area contributed by atoms with Crippen LogP contribution in [0.15, 0.2) is 53.3 Å². The van der Waals surface area contributed by atoms with Crippen LogP contribution < -0.4 is 5.56 Å². The van der Waals surface area contributed by atoms with E-state index in [2.05, 4.69) is 23.7 Å². The summed E-state index contributed by atoms with van der Waals surface area (Å²) in [5, 5.41) is 2.91. The summed E-state index contributed by atoms with van der Waals surface area (Å²) >= 11 is 0. The van der Waals surface area contributed by atoms with Crippen molar-refractivity contribution in [1.29, 1.82) is 0 Å². The quantitative estimate of drug-likeness (QED) is 0.478. The number of aryl methyl sites for hydroxylation is 2. The number of aromatic nitrogens is 2. The predicted octanol–water partition coefficient (Wildman–Crippen LogP) is 3.18. The van der Waals surface area contributed by atoms with E-state index < -0.39 is 0 Å². The van der Waals surface area contributed by atoms with Gasteiger partial charge < -0.3 is 9.13 Å². The summed E-state index contributed by atoms with van der Waals surface area (Å²) in [7, 11) is 3.91. The molecule has 0 saturated heterocycles. The maximum absolute atomic E-state index is 12.5. The molecule has 2 aromatic carbocycles. The molecule has 0 unspecified atom stereocenters. The van der Waals surface area contributed by atoms with Gasteiger partial charge in [0.25, 0.3) is 5.56 Å². The SMILES string of the molecule is Cn1c(=O)c2ccccc2c2c1c1ccccc1n2C. The van der Waals surface area contributed by atoms with Crippen LogP contribution in [-0.2, 0) is 14.1 Å². The zero-order valence-electron chi connectivity index (χ0n) is 11.4. The molecule has 0 aliphatic heterocycles. The van der Waals surface area contributed by atoms with Gasteiger partial charge >= 0.3 is 0 Å². The van der Waals surface area contributed by atoms with Gasteiger partial charge in [0.15, 0.2) is 0 Å². The van der Waals surface area contributed by atoms with Gasteiger partial charge in [0.05, 0.1) is 16.6 Å². The number of hydrogen-bond acceptors (Lipinski definition) is 1. The Labute approximate surface area is 115 Å². The van der Waals surface area contributed by atoms with Gasteiger partial charge in [-0.15, -0.1) is 0 Å². The maximum Gasteiger partial charge on any atom is 0.258 e. The summed E-state index contributed by atoms with van der Waals surface area (Å²) in [5.41, 5.74) is 3.33. The van der Waals surface area contributed by atoms with Gasteiger partial charge in [-0.05, 0) is 12.1 Å². The van der Waals surface area contributed by atoms with Gasteiger partial charge in [0.2, 0.25) is 0 Å². The predicted molar refractivity (Wildman–Crippen MR) is 83.2 cm³/mol. The molecule has 0 saturated carbocycles. The molecule has 0 aliphatic carbocycles. The lowest BCUT2D eigenvalue weighted by atomic mass is 10.1. The van der Waals surface area contributed by atoms with E-state index in [-0.39, 0.29) is 5.56 Å². The molecule has 0 N–H and O–H groups in total. The van der Waals surface area contributed by atoms with Crippen LogP contribution in [0.1, 0.15) is 0 Å². The fraction of sp³-hybridized carbons (Fsp3) is 0.118. The Morgan fingerprint density at radius 2 is 1.25 bits per heavy atom. The standard InChI is InChI=1S/C17H14N2O/c1-18-14-10-6-5-9-13(14)16-15(18)11-7-3-4-8-12(11)17(20)19(16)2/h3-10H,1-2H3. The molecule has 2 aromatic heterocycles. The van der Waals surface area contributed by atoms with Gasteiger partial charge in [0.1, 0.15) is 0 Å². The fourth-order valence-corrected chi connectivity index (χ4v) is 3.18. The molecule has 0 radical (unpaired) electrons. The molecule has 4 aromatic rings. The molecule has 3 nitrogen and oxygen atoms in total. The molecular formula is C17H14N2O. The lowest BCUT2D eigenvalue weighted by Crippen LogP contribution is -2.17. The topological polar surface area (TPSA) is 26.9 Å². The fourth-order valence-electron chi connectivity index (χ4n) is 3.18. The highest BCUT2D eigenvalue weighted by atomic mass is 16.1. The average Bonchev–Trinajstić information content (AvgIpc) is 2.79. The molecule has 0 aliphatic rings. The van der Waals surface area contributed by atoms with Crippen molar-refractivity contribution < 1.29 is 0 Å². The Bertz CT molecular complexity index is 1040. The first-order chi connectivity index (χ1) is 9.70. The summed E-state index contributed by atoms with van der Waals surface area (Å²) in [5.74, 6) is 0. The van der Waals surface area contributed by atoms with Crippen LogP contribution in [0.5, 0.6) is 0 Å². The minimum Gasteiger partial charge on any atom is -0.342 e. The minimum atomic E-state index is 0.0597. The maximum atomic E-state index is 12.5. The van der Waals surface area contributed by atoms with E-state index in [0.717, 1.165) is 32.7 Å². The summed E-state index contributed by atoms with van der Waals surface area (Å²) in [6.07, 6.45) is 0. The van der Waals surface area contributed by atoms with E-state index in [1.54, 1.807) is 4.57 Å². The second kappa shape index (κ2) is 3.73. The number of rotatable bonds is 0. The molecule has 0 bridgehead atoms. The van der Waals surface area contributed by atoms with Crippen molar-refractivity contribution in [2.75, 3.05) is 0 Å². The summed E-state index contributed by atoms with van der Waals surface area (Å²) in [4.78, 5) is 12.5. The van der Waals surface area contributed by atoms with Crippen molar-refractivity contribution >= 4 is 32.7 Å². The molecule has 0 atom stereocenters. The molecular weight excluding hydrogens is 248 g/mol. The van der Waals surface area contributed by atoms with Crippen molar-refractivity contribution in [2.24, 2.45) is 14.1 Å². The molecule has 0 spiro atoms. The molecule has 0 fully saturated rings.